The second kappa shape index (κ2) is 11.0. The fourth-order valence-corrected chi connectivity index (χ4v) is 0.702. The summed E-state index contributed by atoms with van der Waals surface area (Å²) in [6, 6.07) is 0. The number of carboxylic acid groups (broad SMARTS) is 1. The van der Waals surface area contributed by atoms with Gasteiger partial charge in [-0.1, -0.05) is 0 Å². The highest BCUT2D eigenvalue weighted by atomic mass is 16.4. The molecule has 0 amide bonds. The van der Waals surface area contributed by atoms with Crippen LogP contribution in [0.5, 0.6) is 0 Å². The molecule has 0 spiro atoms. The van der Waals surface area contributed by atoms with E-state index in [1.807, 2.05) is 6.92 Å². The number of aliphatic hydroxyl groups is 2. The summed E-state index contributed by atoms with van der Waals surface area (Å²) in [4.78, 5) is 9.97. The molecule has 0 aromatic rings. The lowest BCUT2D eigenvalue weighted by atomic mass is 10.3. The van der Waals surface area contributed by atoms with Crippen LogP contribution >= 0.6 is 0 Å². The van der Waals surface area contributed by atoms with Gasteiger partial charge in [-0.05, 0) is 27.2 Å². The van der Waals surface area contributed by atoms with Gasteiger partial charge < -0.3 is 20.6 Å². The summed E-state index contributed by atoms with van der Waals surface area (Å²) in [6.45, 7) is 6.13. The SMILES string of the molecule is CC(O)CCO.CCN/C(C)=C\C(=O)O. The summed E-state index contributed by atoms with van der Waals surface area (Å²) in [5.41, 5.74) is 0.685. The van der Waals surface area contributed by atoms with E-state index in [2.05, 4.69) is 5.32 Å². The topological polar surface area (TPSA) is 89.8 Å². The lowest BCUT2D eigenvalue weighted by molar-refractivity contribution is -0.131. The molecule has 5 nitrogen and oxygen atoms in total. The molecule has 0 heterocycles. The van der Waals surface area contributed by atoms with Crippen molar-refractivity contribution in [3.63, 3.8) is 0 Å². The van der Waals surface area contributed by atoms with Crippen LogP contribution in [0.2, 0.25) is 0 Å². The van der Waals surface area contributed by atoms with Gasteiger partial charge in [0.25, 0.3) is 0 Å². The van der Waals surface area contributed by atoms with Crippen LogP contribution < -0.4 is 5.32 Å². The Hall–Kier alpha value is -1.07. The smallest absolute Gasteiger partial charge is 0.330 e. The summed E-state index contributed by atoms with van der Waals surface area (Å²) in [6.07, 6.45) is 1.28. The van der Waals surface area contributed by atoms with Crippen molar-refractivity contribution < 1.29 is 20.1 Å². The van der Waals surface area contributed by atoms with E-state index in [9.17, 15) is 4.79 Å². The van der Waals surface area contributed by atoms with Gasteiger partial charge in [-0.3, -0.25) is 0 Å². The van der Waals surface area contributed by atoms with Crippen molar-refractivity contribution in [3.8, 4) is 0 Å². The van der Waals surface area contributed by atoms with Gasteiger partial charge in [0.05, 0.1) is 6.10 Å². The average Bonchev–Trinajstić information content (AvgIpc) is 2.03. The van der Waals surface area contributed by atoms with Crippen molar-refractivity contribution >= 4 is 5.97 Å². The van der Waals surface area contributed by atoms with Gasteiger partial charge in [-0.2, -0.15) is 0 Å². The normalized spacial score (nSPS) is 12.5. The number of hydrogen-bond acceptors (Lipinski definition) is 4. The summed E-state index contributed by atoms with van der Waals surface area (Å²) in [5, 5.41) is 27.5. The van der Waals surface area contributed by atoms with Crippen molar-refractivity contribution in [2.75, 3.05) is 13.2 Å². The monoisotopic (exact) mass is 219 g/mol. The zero-order valence-corrected chi connectivity index (χ0v) is 9.53. The number of aliphatic hydroxyl groups excluding tert-OH is 2. The molecule has 0 aromatic heterocycles. The molecule has 0 saturated carbocycles. The predicted octanol–water partition coefficient (Wildman–Crippen LogP) is 0.334. The first-order valence-corrected chi connectivity index (χ1v) is 4.88. The van der Waals surface area contributed by atoms with Crippen molar-refractivity contribution in [2.45, 2.75) is 33.3 Å². The van der Waals surface area contributed by atoms with Crippen molar-refractivity contribution in [3.05, 3.63) is 11.8 Å². The minimum absolute atomic E-state index is 0.0810. The van der Waals surface area contributed by atoms with Gasteiger partial charge in [0.2, 0.25) is 0 Å². The second-order valence-corrected chi connectivity index (χ2v) is 3.06. The molecule has 1 atom stereocenters. The molecule has 0 aromatic carbocycles. The highest BCUT2D eigenvalue weighted by molar-refractivity contribution is 5.80. The third kappa shape index (κ3) is 19.4. The largest absolute Gasteiger partial charge is 0.478 e. The van der Waals surface area contributed by atoms with Crippen molar-refractivity contribution in [2.24, 2.45) is 0 Å². The Morgan fingerprint density at radius 2 is 2.07 bits per heavy atom. The molecule has 0 rings (SSSR count). The molecule has 0 aliphatic carbocycles. The van der Waals surface area contributed by atoms with Crippen LogP contribution in [0.25, 0.3) is 0 Å². The fourth-order valence-electron chi connectivity index (χ4n) is 0.702. The lowest BCUT2D eigenvalue weighted by Crippen LogP contribution is -2.10. The Morgan fingerprint density at radius 1 is 1.53 bits per heavy atom. The molecule has 0 fully saturated rings. The zero-order chi connectivity index (χ0) is 12.3. The molecule has 0 saturated heterocycles. The van der Waals surface area contributed by atoms with Crippen LogP contribution in [0.3, 0.4) is 0 Å². The summed E-state index contributed by atoms with van der Waals surface area (Å²) < 4.78 is 0. The minimum Gasteiger partial charge on any atom is -0.478 e. The maximum atomic E-state index is 9.97. The molecule has 0 bridgehead atoms. The Labute approximate surface area is 90.4 Å². The average molecular weight is 219 g/mol. The Kier molecular flexibility index (Phi) is 12.0. The van der Waals surface area contributed by atoms with Gasteiger partial charge in [0, 0.05) is 24.9 Å². The summed E-state index contributed by atoms with van der Waals surface area (Å²) in [5.74, 6) is -0.909. The van der Waals surface area contributed by atoms with Gasteiger partial charge in [0.1, 0.15) is 0 Å². The molecule has 5 heteroatoms. The molecule has 0 aliphatic heterocycles. The van der Waals surface area contributed by atoms with Crippen LogP contribution in [0.1, 0.15) is 27.2 Å². The Balaban J connectivity index is 0. The van der Waals surface area contributed by atoms with E-state index in [0.29, 0.717) is 12.1 Å². The molecular weight excluding hydrogens is 198 g/mol. The Morgan fingerprint density at radius 3 is 2.27 bits per heavy atom. The third-order valence-electron chi connectivity index (χ3n) is 1.34. The molecule has 0 aliphatic rings. The number of hydrogen-bond donors (Lipinski definition) is 4. The summed E-state index contributed by atoms with van der Waals surface area (Å²) in [7, 11) is 0. The van der Waals surface area contributed by atoms with Gasteiger partial charge in [-0.15, -0.1) is 0 Å². The molecule has 15 heavy (non-hydrogen) atoms. The molecule has 4 N–H and O–H groups in total. The van der Waals surface area contributed by atoms with Gasteiger partial charge >= 0.3 is 5.97 Å². The number of carboxylic acids is 1. The van der Waals surface area contributed by atoms with E-state index in [1.54, 1.807) is 13.8 Å². The first-order chi connectivity index (χ1) is 6.93. The lowest BCUT2D eigenvalue weighted by Gasteiger charge is -1.98. The van der Waals surface area contributed by atoms with Crippen LogP contribution in [0.15, 0.2) is 11.8 Å². The maximum Gasteiger partial charge on any atom is 0.330 e. The van der Waals surface area contributed by atoms with Crippen LogP contribution in [0, 0.1) is 0 Å². The predicted molar refractivity (Wildman–Crippen MR) is 58.5 cm³/mol. The number of rotatable bonds is 5. The van der Waals surface area contributed by atoms with Crippen LogP contribution in [0.4, 0.5) is 0 Å². The van der Waals surface area contributed by atoms with E-state index in [4.69, 9.17) is 15.3 Å². The van der Waals surface area contributed by atoms with E-state index in [1.165, 1.54) is 0 Å². The highest BCUT2D eigenvalue weighted by Crippen LogP contribution is 1.83. The number of nitrogens with one attached hydrogen (secondary N) is 1. The van der Waals surface area contributed by atoms with Crippen LogP contribution in [-0.2, 0) is 4.79 Å². The third-order valence-corrected chi connectivity index (χ3v) is 1.34. The second-order valence-electron chi connectivity index (χ2n) is 3.06. The zero-order valence-electron chi connectivity index (χ0n) is 9.53. The van der Waals surface area contributed by atoms with Crippen molar-refractivity contribution in [1.29, 1.82) is 0 Å². The van der Waals surface area contributed by atoms with E-state index in [-0.39, 0.29) is 12.7 Å². The van der Waals surface area contributed by atoms with Gasteiger partial charge in [0.15, 0.2) is 0 Å². The number of allylic oxidation sites excluding steroid dienone is 1. The first-order valence-electron chi connectivity index (χ1n) is 4.88. The number of carbonyl (C=O) groups is 1. The van der Waals surface area contributed by atoms with E-state index >= 15 is 0 Å². The minimum atomic E-state index is -0.909. The first kappa shape index (κ1) is 16.4. The standard InChI is InChI=1S/C6H11NO2.C4H10O2/c1-3-7-5(2)4-6(8)9;1-4(6)2-3-5/h4,7H,3H2,1-2H3,(H,8,9);4-6H,2-3H2,1H3/b5-4-;. The fraction of sp³-hybridized carbons (Fsp3) is 0.700. The van der Waals surface area contributed by atoms with Crippen LogP contribution in [-0.4, -0.2) is 40.5 Å². The van der Waals surface area contributed by atoms with Gasteiger partial charge in [-0.25, -0.2) is 4.79 Å². The van der Waals surface area contributed by atoms with Crippen molar-refractivity contribution in [1.82, 2.24) is 5.32 Å². The quantitative estimate of drug-likeness (QED) is 0.500. The molecular formula is C10H21NO4. The Bertz CT molecular complexity index is 190. The number of aliphatic carboxylic acids is 1. The van der Waals surface area contributed by atoms with E-state index in [0.717, 1.165) is 12.6 Å². The maximum absolute atomic E-state index is 9.97. The molecule has 0 radical (unpaired) electrons. The molecule has 90 valence electrons. The highest BCUT2D eigenvalue weighted by Gasteiger charge is 1.89. The summed E-state index contributed by atoms with van der Waals surface area (Å²) >= 11 is 0. The molecule has 1 unspecified atom stereocenters. The van der Waals surface area contributed by atoms with E-state index < -0.39 is 5.97 Å².